The van der Waals surface area contributed by atoms with Crippen LogP contribution in [0.4, 0.5) is 5.69 Å². The van der Waals surface area contributed by atoms with Gasteiger partial charge in [0, 0.05) is 12.6 Å². The topological polar surface area (TPSA) is 102 Å². The van der Waals surface area contributed by atoms with Gasteiger partial charge in [-0.3, -0.25) is 4.31 Å². The predicted molar refractivity (Wildman–Crippen MR) is 113 cm³/mol. The highest BCUT2D eigenvalue weighted by Gasteiger charge is 2.30. The van der Waals surface area contributed by atoms with Crippen molar-refractivity contribution >= 4 is 27.8 Å². The van der Waals surface area contributed by atoms with Crippen molar-refractivity contribution in [2.24, 2.45) is 0 Å². The third-order valence-electron chi connectivity index (χ3n) is 4.32. The van der Waals surface area contributed by atoms with E-state index in [-0.39, 0.29) is 29.5 Å². The number of methoxy groups -OCH3 is 3. The molecule has 2 aromatic carbocycles. The predicted octanol–water partition coefficient (Wildman–Crippen LogP) is 2.60. The minimum Gasteiger partial charge on any atom is -0.493 e. The van der Waals surface area contributed by atoms with E-state index in [1.807, 2.05) is 0 Å². The molecule has 30 heavy (non-hydrogen) atoms. The zero-order valence-corrected chi connectivity index (χ0v) is 18.1. The lowest BCUT2D eigenvalue weighted by Crippen LogP contribution is -2.31. The Hall–Kier alpha value is -3.04. The maximum absolute atomic E-state index is 13.6. The SMILES string of the molecule is CCN(c1cccc(CO)c1)S(=O)(=O)c1cc(/C=C/C(=O)OC)cc(OC)c1OC. The lowest BCUT2D eigenvalue weighted by Gasteiger charge is -2.25. The number of hydrogen-bond acceptors (Lipinski definition) is 7. The van der Waals surface area contributed by atoms with Gasteiger partial charge in [0.15, 0.2) is 11.5 Å². The maximum atomic E-state index is 13.6. The number of esters is 1. The Bertz CT molecular complexity index is 1030. The normalized spacial score (nSPS) is 11.4. The van der Waals surface area contributed by atoms with Crippen LogP contribution < -0.4 is 13.8 Å². The second kappa shape index (κ2) is 10.1. The van der Waals surface area contributed by atoms with E-state index >= 15 is 0 Å². The summed E-state index contributed by atoms with van der Waals surface area (Å²) in [5, 5.41) is 9.40. The molecule has 0 heterocycles. The highest BCUT2D eigenvalue weighted by atomic mass is 32.2. The molecule has 0 fully saturated rings. The third kappa shape index (κ3) is 4.92. The minimum absolute atomic E-state index is 0.0458. The molecule has 0 aliphatic heterocycles. The van der Waals surface area contributed by atoms with E-state index in [1.165, 1.54) is 43.9 Å². The Balaban J connectivity index is 2.67. The molecule has 0 radical (unpaired) electrons. The Morgan fingerprint density at radius 2 is 1.87 bits per heavy atom. The van der Waals surface area contributed by atoms with Crippen LogP contribution in [0, 0.1) is 0 Å². The van der Waals surface area contributed by atoms with Gasteiger partial charge in [0.05, 0.1) is 33.6 Å². The van der Waals surface area contributed by atoms with E-state index < -0.39 is 16.0 Å². The van der Waals surface area contributed by atoms with Crippen molar-refractivity contribution < 1.29 is 32.5 Å². The number of aliphatic hydroxyl groups excluding tert-OH is 1. The largest absolute Gasteiger partial charge is 0.493 e. The van der Waals surface area contributed by atoms with E-state index in [9.17, 15) is 18.3 Å². The monoisotopic (exact) mass is 435 g/mol. The average Bonchev–Trinajstić information content (AvgIpc) is 2.76. The highest BCUT2D eigenvalue weighted by molar-refractivity contribution is 7.93. The number of carbonyl (C=O) groups excluding carboxylic acids is 1. The number of aliphatic hydroxyl groups is 1. The lowest BCUT2D eigenvalue weighted by molar-refractivity contribution is -0.134. The van der Waals surface area contributed by atoms with Gasteiger partial charge in [-0.1, -0.05) is 12.1 Å². The first-order valence-electron chi connectivity index (χ1n) is 9.06. The van der Waals surface area contributed by atoms with E-state index in [0.717, 1.165) is 0 Å². The molecule has 0 saturated carbocycles. The molecule has 9 heteroatoms. The molecule has 0 unspecified atom stereocenters. The molecule has 0 saturated heterocycles. The first-order chi connectivity index (χ1) is 14.3. The van der Waals surface area contributed by atoms with Crippen LogP contribution in [0.15, 0.2) is 47.4 Å². The van der Waals surface area contributed by atoms with Crippen LogP contribution in [-0.2, 0) is 26.2 Å². The molecule has 162 valence electrons. The minimum atomic E-state index is -4.07. The lowest BCUT2D eigenvalue weighted by atomic mass is 10.2. The summed E-state index contributed by atoms with van der Waals surface area (Å²) in [6.07, 6.45) is 2.61. The van der Waals surface area contributed by atoms with Crippen LogP contribution in [0.1, 0.15) is 18.1 Å². The van der Waals surface area contributed by atoms with Gasteiger partial charge in [0.25, 0.3) is 10.0 Å². The molecular weight excluding hydrogens is 410 g/mol. The summed E-state index contributed by atoms with van der Waals surface area (Å²) < 4.78 is 43.6. The Morgan fingerprint density at radius 1 is 1.13 bits per heavy atom. The van der Waals surface area contributed by atoms with Crippen molar-refractivity contribution in [2.75, 3.05) is 32.2 Å². The number of anilines is 1. The van der Waals surface area contributed by atoms with Crippen molar-refractivity contribution in [1.29, 1.82) is 0 Å². The van der Waals surface area contributed by atoms with Gasteiger partial charge >= 0.3 is 5.97 Å². The molecule has 0 atom stereocenters. The van der Waals surface area contributed by atoms with Crippen molar-refractivity contribution in [3.63, 3.8) is 0 Å². The van der Waals surface area contributed by atoms with Crippen molar-refractivity contribution in [3.8, 4) is 11.5 Å². The standard InChI is InChI=1S/C21H25NO7S/c1-5-22(17-8-6-7-16(11-17)14-23)30(25,26)19-13-15(9-10-20(24)28-3)12-18(27-2)21(19)29-4/h6-13,23H,5,14H2,1-4H3/b10-9+. The molecule has 0 bridgehead atoms. The van der Waals surface area contributed by atoms with Crippen LogP contribution >= 0.6 is 0 Å². The summed E-state index contributed by atoms with van der Waals surface area (Å²) in [4.78, 5) is 11.3. The smallest absolute Gasteiger partial charge is 0.330 e. The number of hydrogen-bond donors (Lipinski definition) is 1. The van der Waals surface area contributed by atoms with E-state index in [2.05, 4.69) is 4.74 Å². The second-order valence-corrected chi connectivity index (χ2v) is 7.94. The van der Waals surface area contributed by atoms with Crippen molar-refractivity contribution in [3.05, 3.63) is 53.6 Å². The fraction of sp³-hybridized carbons (Fsp3) is 0.286. The molecule has 2 aromatic rings. The molecular formula is C21H25NO7S. The quantitative estimate of drug-likeness (QED) is 0.477. The number of benzene rings is 2. The van der Waals surface area contributed by atoms with Crippen molar-refractivity contribution in [1.82, 2.24) is 0 Å². The van der Waals surface area contributed by atoms with Gasteiger partial charge in [-0.2, -0.15) is 0 Å². The summed E-state index contributed by atoms with van der Waals surface area (Å²) in [5.41, 5.74) is 1.40. The fourth-order valence-corrected chi connectivity index (χ4v) is 4.56. The van der Waals surface area contributed by atoms with Crippen LogP contribution in [0.3, 0.4) is 0 Å². The van der Waals surface area contributed by atoms with E-state index in [0.29, 0.717) is 16.8 Å². The first kappa shape index (κ1) is 23.2. The molecule has 2 rings (SSSR count). The summed E-state index contributed by atoms with van der Waals surface area (Å²) in [7, 11) is -0.0838. The maximum Gasteiger partial charge on any atom is 0.330 e. The summed E-state index contributed by atoms with van der Waals surface area (Å²) >= 11 is 0. The van der Waals surface area contributed by atoms with Gasteiger partial charge in [-0.05, 0) is 48.4 Å². The molecule has 0 aromatic heterocycles. The van der Waals surface area contributed by atoms with Crippen molar-refractivity contribution in [2.45, 2.75) is 18.4 Å². The van der Waals surface area contributed by atoms with Gasteiger partial charge in [0.2, 0.25) is 0 Å². The Kier molecular flexibility index (Phi) is 7.85. The summed E-state index contributed by atoms with van der Waals surface area (Å²) in [6, 6.07) is 9.57. The molecule has 0 spiro atoms. The number of ether oxygens (including phenoxy) is 3. The van der Waals surface area contributed by atoms with Crippen LogP contribution in [0.25, 0.3) is 6.08 Å². The van der Waals surface area contributed by atoms with Gasteiger partial charge in [0.1, 0.15) is 4.90 Å². The van der Waals surface area contributed by atoms with Crippen LogP contribution in [0.5, 0.6) is 11.5 Å². The Labute approximate surface area is 176 Å². The Morgan fingerprint density at radius 3 is 2.43 bits per heavy atom. The van der Waals surface area contributed by atoms with Crippen LogP contribution in [0.2, 0.25) is 0 Å². The van der Waals surface area contributed by atoms with E-state index in [4.69, 9.17) is 9.47 Å². The van der Waals surface area contributed by atoms with Crippen LogP contribution in [-0.4, -0.2) is 47.4 Å². The fourth-order valence-electron chi connectivity index (χ4n) is 2.89. The zero-order chi connectivity index (χ0) is 22.3. The van der Waals surface area contributed by atoms with Gasteiger partial charge in [-0.25, -0.2) is 13.2 Å². The summed E-state index contributed by atoms with van der Waals surface area (Å²) in [5.74, 6) is -0.335. The number of rotatable bonds is 9. The second-order valence-electron chi connectivity index (χ2n) is 6.11. The molecule has 0 aliphatic carbocycles. The number of sulfonamides is 1. The zero-order valence-electron chi connectivity index (χ0n) is 17.3. The molecule has 0 aliphatic rings. The first-order valence-corrected chi connectivity index (χ1v) is 10.5. The van der Waals surface area contributed by atoms with Gasteiger partial charge < -0.3 is 19.3 Å². The molecule has 8 nitrogen and oxygen atoms in total. The average molecular weight is 435 g/mol. The number of carbonyl (C=O) groups is 1. The highest BCUT2D eigenvalue weighted by Crippen LogP contribution is 2.38. The van der Waals surface area contributed by atoms with E-state index in [1.54, 1.807) is 37.3 Å². The summed E-state index contributed by atoms with van der Waals surface area (Å²) in [6.45, 7) is 1.63. The number of nitrogens with zero attached hydrogens (tertiary/aromatic N) is 1. The third-order valence-corrected chi connectivity index (χ3v) is 6.22. The molecule has 1 N–H and O–H groups in total. The molecule has 0 amide bonds. The van der Waals surface area contributed by atoms with Gasteiger partial charge in [-0.15, -0.1) is 0 Å².